The lowest BCUT2D eigenvalue weighted by Crippen LogP contribution is -2.14. The van der Waals surface area contributed by atoms with Gasteiger partial charge in [0.15, 0.2) is 4.96 Å². The lowest BCUT2D eigenvalue weighted by atomic mass is 10.1. The van der Waals surface area contributed by atoms with Crippen molar-refractivity contribution in [2.45, 2.75) is 13.8 Å². The molecule has 0 saturated carbocycles. The second kappa shape index (κ2) is 6.18. The standard InChI is InChI=1S/C20H17N3OS/c1-13-8-9-16(14(2)10-13)21-19(24)18-12-25-20-22-17(11-23(18)20)15-6-4-3-5-7-15/h3-12H,1-2H3,(H,21,24). The number of nitrogens with zero attached hydrogens (tertiary/aromatic N) is 2. The van der Waals surface area contributed by atoms with E-state index >= 15 is 0 Å². The fourth-order valence-corrected chi connectivity index (χ4v) is 3.69. The number of fused-ring (bicyclic) bond motifs is 1. The summed E-state index contributed by atoms with van der Waals surface area (Å²) in [5.41, 5.74) is 5.56. The minimum atomic E-state index is -0.129. The van der Waals surface area contributed by atoms with E-state index in [2.05, 4.69) is 16.4 Å². The summed E-state index contributed by atoms with van der Waals surface area (Å²) in [6.45, 7) is 4.04. The molecule has 0 spiro atoms. The molecular formula is C20H17N3OS. The number of aromatic nitrogens is 2. The summed E-state index contributed by atoms with van der Waals surface area (Å²) in [5, 5.41) is 4.84. The lowest BCUT2D eigenvalue weighted by molar-refractivity contribution is 0.102. The van der Waals surface area contributed by atoms with Crippen LogP contribution < -0.4 is 5.32 Å². The fourth-order valence-electron chi connectivity index (χ4n) is 2.84. The molecule has 4 aromatic rings. The topological polar surface area (TPSA) is 46.4 Å². The van der Waals surface area contributed by atoms with Crippen LogP contribution in [0.15, 0.2) is 60.1 Å². The second-order valence-corrected chi connectivity index (χ2v) is 6.87. The number of carbonyl (C=O) groups is 1. The van der Waals surface area contributed by atoms with Crippen LogP contribution in [0.2, 0.25) is 0 Å². The van der Waals surface area contributed by atoms with Crippen LogP contribution in [0.5, 0.6) is 0 Å². The molecule has 0 bridgehead atoms. The first-order valence-corrected chi connectivity index (χ1v) is 8.90. The van der Waals surface area contributed by atoms with E-state index < -0.39 is 0 Å². The van der Waals surface area contributed by atoms with Gasteiger partial charge in [0.05, 0.1) is 5.69 Å². The maximum Gasteiger partial charge on any atom is 0.273 e. The van der Waals surface area contributed by atoms with Gasteiger partial charge < -0.3 is 5.32 Å². The number of hydrogen-bond donors (Lipinski definition) is 1. The van der Waals surface area contributed by atoms with Gasteiger partial charge in [-0.25, -0.2) is 4.98 Å². The van der Waals surface area contributed by atoms with Crippen LogP contribution in [-0.2, 0) is 0 Å². The predicted molar refractivity (Wildman–Crippen MR) is 102 cm³/mol. The molecule has 0 atom stereocenters. The third-order valence-corrected chi connectivity index (χ3v) is 4.98. The maximum absolute atomic E-state index is 12.7. The molecule has 4 rings (SSSR count). The minimum absolute atomic E-state index is 0.129. The van der Waals surface area contributed by atoms with Gasteiger partial charge in [-0.1, -0.05) is 48.0 Å². The molecule has 1 amide bonds. The number of carbonyl (C=O) groups excluding carboxylic acids is 1. The summed E-state index contributed by atoms with van der Waals surface area (Å²) in [6, 6.07) is 16.0. The molecule has 0 aliphatic rings. The van der Waals surface area contributed by atoms with E-state index in [-0.39, 0.29) is 5.91 Å². The first-order chi connectivity index (χ1) is 12.1. The minimum Gasteiger partial charge on any atom is -0.320 e. The summed E-state index contributed by atoms with van der Waals surface area (Å²) in [4.78, 5) is 18.2. The van der Waals surface area contributed by atoms with E-state index in [1.54, 1.807) is 0 Å². The predicted octanol–water partition coefficient (Wildman–Crippen LogP) is 4.93. The van der Waals surface area contributed by atoms with Crippen LogP contribution in [0.25, 0.3) is 16.2 Å². The average molecular weight is 347 g/mol. The Hall–Kier alpha value is -2.92. The third kappa shape index (κ3) is 2.94. The Labute approximate surface area is 149 Å². The highest BCUT2D eigenvalue weighted by Gasteiger charge is 2.16. The van der Waals surface area contributed by atoms with E-state index in [1.807, 2.05) is 72.3 Å². The Morgan fingerprint density at radius 1 is 1.12 bits per heavy atom. The highest BCUT2D eigenvalue weighted by molar-refractivity contribution is 7.15. The molecule has 0 aliphatic heterocycles. The van der Waals surface area contributed by atoms with Gasteiger partial charge in [-0.05, 0) is 25.5 Å². The first kappa shape index (κ1) is 15.6. The van der Waals surface area contributed by atoms with E-state index in [9.17, 15) is 4.79 Å². The third-order valence-electron chi connectivity index (χ3n) is 4.14. The summed E-state index contributed by atoms with van der Waals surface area (Å²) < 4.78 is 1.85. The van der Waals surface area contributed by atoms with E-state index in [1.165, 1.54) is 16.9 Å². The zero-order valence-electron chi connectivity index (χ0n) is 14.0. The highest BCUT2D eigenvalue weighted by atomic mass is 32.1. The summed E-state index contributed by atoms with van der Waals surface area (Å²) >= 11 is 1.47. The van der Waals surface area contributed by atoms with Crippen LogP contribution in [0.3, 0.4) is 0 Å². The Bertz CT molecular complexity index is 1060. The second-order valence-electron chi connectivity index (χ2n) is 6.04. The van der Waals surface area contributed by atoms with Gasteiger partial charge in [-0.3, -0.25) is 9.20 Å². The molecule has 0 radical (unpaired) electrons. The van der Waals surface area contributed by atoms with E-state index in [0.717, 1.165) is 27.5 Å². The van der Waals surface area contributed by atoms with E-state index in [0.29, 0.717) is 5.69 Å². The molecule has 2 aromatic heterocycles. The SMILES string of the molecule is Cc1ccc(NC(=O)c2csc3nc(-c4ccccc4)cn23)c(C)c1. The molecular weight excluding hydrogens is 330 g/mol. The van der Waals surface area contributed by atoms with Gasteiger partial charge in [-0.15, -0.1) is 11.3 Å². The molecule has 1 N–H and O–H groups in total. The van der Waals surface area contributed by atoms with Gasteiger partial charge in [-0.2, -0.15) is 0 Å². The molecule has 2 heterocycles. The number of nitrogens with one attached hydrogen (secondary N) is 1. The number of hydrogen-bond acceptors (Lipinski definition) is 3. The van der Waals surface area contributed by atoms with Crippen molar-refractivity contribution in [1.82, 2.24) is 9.38 Å². The highest BCUT2D eigenvalue weighted by Crippen LogP contribution is 2.24. The number of benzene rings is 2. The zero-order chi connectivity index (χ0) is 17.4. The van der Waals surface area contributed by atoms with Crippen molar-refractivity contribution in [2.75, 3.05) is 5.32 Å². The van der Waals surface area contributed by atoms with Crippen molar-refractivity contribution < 1.29 is 4.79 Å². The van der Waals surface area contributed by atoms with Crippen molar-refractivity contribution in [3.8, 4) is 11.3 Å². The number of amides is 1. The van der Waals surface area contributed by atoms with Crippen LogP contribution in [0.4, 0.5) is 5.69 Å². The quantitative estimate of drug-likeness (QED) is 0.571. The molecule has 2 aromatic carbocycles. The Morgan fingerprint density at radius 2 is 1.92 bits per heavy atom. The molecule has 124 valence electrons. The van der Waals surface area contributed by atoms with Crippen LogP contribution in [0, 0.1) is 13.8 Å². The smallest absolute Gasteiger partial charge is 0.273 e. The maximum atomic E-state index is 12.7. The molecule has 4 nitrogen and oxygen atoms in total. The largest absolute Gasteiger partial charge is 0.320 e. The van der Waals surface area contributed by atoms with Gasteiger partial charge in [0, 0.05) is 22.8 Å². The normalized spacial score (nSPS) is 11.0. The van der Waals surface area contributed by atoms with Crippen molar-refractivity contribution >= 4 is 27.9 Å². The molecule has 0 aliphatic carbocycles. The summed E-state index contributed by atoms with van der Waals surface area (Å²) in [7, 11) is 0. The number of thiazole rings is 1. The van der Waals surface area contributed by atoms with Gasteiger partial charge >= 0.3 is 0 Å². The summed E-state index contributed by atoms with van der Waals surface area (Å²) in [6.07, 6.45) is 1.91. The number of aryl methyl sites for hydroxylation is 2. The van der Waals surface area contributed by atoms with Gasteiger partial charge in [0.2, 0.25) is 0 Å². The fraction of sp³-hybridized carbons (Fsp3) is 0.100. The Balaban J connectivity index is 1.67. The monoisotopic (exact) mass is 347 g/mol. The molecule has 5 heteroatoms. The molecule has 0 fully saturated rings. The molecule has 25 heavy (non-hydrogen) atoms. The van der Waals surface area contributed by atoms with Crippen molar-refractivity contribution in [3.05, 3.63) is 76.9 Å². The Kier molecular flexibility index (Phi) is 3.86. The number of imidazole rings is 1. The molecule has 0 unspecified atom stereocenters. The summed E-state index contributed by atoms with van der Waals surface area (Å²) in [5.74, 6) is -0.129. The van der Waals surface area contributed by atoms with Gasteiger partial charge in [0.1, 0.15) is 5.69 Å². The van der Waals surface area contributed by atoms with Crippen molar-refractivity contribution in [2.24, 2.45) is 0 Å². The first-order valence-electron chi connectivity index (χ1n) is 8.02. The number of rotatable bonds is 3. The van der Waals surface area contributed by atoms with Crippen molar-refractivity contribution in [1.29, 1.82) is 0 Å². The van der Waals surface area contributed by atoms with E-state index in [4.69, 9.17) is 0 Å². The number of anilines is 1. The van der Waals surface area contributed by atoms with Crippen molar-refractivity contribution in [3.63, 3.8) is 0 Å². The van der Waals surface area contributed by atoms with Crippen LogP contribution in [0.1, 0.15) is 21.6 Å². The van der Waals surface area contributed by atoms with Crippen LogP contribution in [-0.4, -0.2) is 15.3 Å². The molecule has 0 saturated heterocycles. The zero-order valence-corrected chi connectivity index (χ0v) is 14.8. The van der Waals surface area contributed by atoms with Gasteiger partial charge in [0.25, 0.3) is 5.91 Å². The van der Waals surface area contributed by atoms with Crippen LogP contribution >= 0.6 is 11.3 Å². The lowest BCUT2D eigenvalue weighted by Gasteiger charge is -2.08. The average Bonchev–Trinajstić information content (AvgIpc) is 3.18. The Morgan fingerprint density at radius 3 is 2.68 bits per heavy atom.